The van der Waals surface area contributed by atoms with Crippen LogP contribution in [0.25, 0.3) is 0 Å². The van der Waals surface area contributed by atoms with Gasteiger partial charge in [-0.25, -0.2) is 0 Å². The summed E-state index contributed by atoms with van der Waals surface area (Å²) in [6.07, 6.45) is 1.95. The molecule has 0 aromatic heterocycles. The summed E-state index contributed by atoms with van der Waals surface area (Å²) >= 11 is 0. The lowest BCUT2D eigenvalue weighted by molar-refractivity contribution is -0.148. The van der Waals surface area contributed by atoms with Gasteiger partial charge in [-0.1, -0.05) is 19.4 Å². The van der Waals surface area contributed by atoms with Gasteiger partial charge in [0.15, 0.2) is 18.1 Å². The molecule has 0 radical (unpaired) electrons. The summed E-state index contributed by atoms with van der Waals surface area (Å²) in [5.74, 6) is 0.389. The zero-order chi connectivity index (χ0) is 17.2. The molecule has 0 aliphatic rings. The normalized spacial score (nSPS) is 11.5. The van der Waals surface area contributed by atoms with Crippen molar-refractivity contribution in [3.8, 4) is 11.5 Å². The maximum Gasteiger partial charge on any atom is 0.310 e. The highest BCUT2D eigenvalue weighted by molar-refractivity contribution is 5.81. The molecule has 0 bridgehead atoms. The van der Waals surface area contributed by atoms with E-state index in [1.807, 2.05) is 13.8 Å². The molecular formula is C17H25NO5. The van der Waals surface area contributed by atoms with Gasteiger partial charge in [-0.3, -0.25) is 9.59 Å². The topological polar surface area (TPSA) is 73.9 Å². The second kappa shape index (κ2) is 9.71. The van der Waals surface area contributed by atoms with Gasteiger partial charge in [-0.2, -0.15) is 0 Å². The van der Waals surface area contributed by atoms with Crippen LogP contribution in [0.5, 0.6) is 11.5 Å². The van der Waals surface area contributed by atoms with Crippen LogP contribution in [0.3, 0.4) is 0 Å². The maximum absolute atomic E-state index is 11.8. The van der Waals surface area contributed by atoms with Gasteiger partial charge in [-0.15, -0.1) is 0 Å². The molecule has 0 aliphatic carbocycles. The number of esters is 1. The van der Waals surface area contributed by atoms with Crippen molar-refractivity contribution < 1.29 is 23.8 Å². The number of benzene rings is 1. The van der Waals surface area contributed by atoms with Gasteiger partial charge >= 0.3 is 5.97 Å². The molecule has 0 unspecified atom stereocenters. The Hall–Kier alpha value is -2.24. The van der Waals surface area contributed by atoms with Crippen LogP contribution < -0.4 is 14.8 Å². The van der Waals surface area contributed by atoms with Crippen LogP contribution in [0, 0.1) is 0 Å². The molecule has 0 saturated heterocycles. The summed E-state index contributed by atoms with van der Waals surface area (Å²) in [6, 6.07) is 5.27. The van der Waals surface area contributed by atoms with E-state index < -0.39 is 5.97 Å². The first-order valence-electron chi connectivity index (χ1n) is 7.66. The van der Waals surface area contributed by atoms with Crippen LogP contribution >= 0.6 is 0 Å². The summed E-state index contributed by atoms with van der Waals surface area (Å²) in [4.78, 5) is 23.5. The van der Waals surface area contributed by atoms with Gasteiger partial charge in [0.25, 0.3) is 5.91 Å². The van der Waals surface area contributed by atoms with Gasteiger partial charge < -0.3 is 19.5 Å². The van der Waals surface area contributed by atoms with Crippen LogP contribution in [0.1, 0.15) is 32.3 Å². The second-order valence-corrected chi connectivity index (χ2v) is 5.28. The van der Waals surface area contributed by atoms with Crippen molar-refractivity contribution in [1.29, 1.82) is 0 Å². The SMILES string of the molecule is CCC[C@H](C)NC(=O)COC(=O)Cc1ccc(OC)c(OC)c1. The minimum atomic E-state index is -0.462. The Bertz CT molecular complexity index is 530. The molecule has 0 heterocycles. The first kappa shape index (κ1) is 18.8. The highest BCUT2D eigenvalue weighted by Crippen LogP contribution is 2.27. The predicted molar refractivity (Wildman–Crippen MR) is 86.7 cm³/mol. The van der Waals surface area contributed by atoms with E-state index in [0.29, 0.717) is 11.5 Å². The molecule has 0 fully saturated rings. The van der Waals surface area contributed by atoms with E-state index in [4.69, 9.17) is 14.2 Å². The molecule has 6 heteroatoms. The van der Waals surface area contributed by atoms with Crippen molar-refractivity contribution in [3.05, 3.63) is 23.8 Å². The molecular weight excluding hydrogens is 298 g/mol. The molecule has 6 nitrogen and oxygen atoms in total. The van der Waals surface area contributed by atoms with E-state index in [1.165, 1.54) is 7.11 Å². The van der Waals surface area contributed by atoms with Crippen LogP contribution in [0.2, 0.25) is 0 Å². The molecule has 1 amide bonds. The third kappa shape index (κ3) is 6.59. The Morgan fingerprint density at radius 3 is 2.48 bits per heavy atom. The first-order valence-corrected chi connectivity index (χ1v) is 7.66. The Kier molecular flexibility index (Phi) is 7.94. The van der Waals surface area contributed by atoms with Crippen molar-refractivity contribution in [2.75, 3.05) is 20.8 Å². The zero-order valence-electron chi connectivity index (χ0n) is 14.2. The smallest absolute Gasteiger partial charge is 0.310 e. The fraction of sp³-hybridized carbons (Fsp3) is 0.529. The fourth-order valence-electron chi connectivity index (χ4n) is 2.18. The van der Waals surface area contributed by atoms with Gasteiger partial charge in [0.1, 0.15) is 0 Å². The van der Waals surface area contributed by atoms with Crippen molar-refractivity contribution in [1.82, 2.24) is 5.32 Å². The summed E-state index contributed by atoms with van der Waals surface area (Å²) in [5.41, 5.74) is 0.729. The Balaban J connectivity index is 2.46. The minimum Gasteiger partial charge on any atom is -0.493 e. The van der Waals surface area contributed by atoms with Gasteiger partial charge in [0.05, 0.1) is 20.6 Å². The lowest BCUT2D eigenvalue weighted by atomic mass is 10.1. The van der Waals surface area contributed by atoms with Gasteiger partial charge in [0, 0.05) is 6.04 Å². The summed E-state index contributed by atoms with van der Waals surface area (Å²) in [7, 11) is 3.08. The van der Waals surface area contributed by atoms with Gasteiger partial charge in [-0.05, 0) is 31.0 Å². The first-order chi connectivity index (χ1) is 11.0. The third-order valence-corrected chi connectivity index (χ3v) is 3.29. The van der Waals surface area contributed by atoms with E-state index in [2.05, 4.69) is 5.32 Å². The van der Waals surface area contributed by atoms with E-state index in [-0.39, 0.29) is 25.0 Å². The number of amides is 1. The average Bonchev–Trinajstić information content (AvgIpc) is 2.53. The minimum absolute atomic E-state index is 0.0676. The van der Waals surface area contributed by atoms with Crippen LogP contribution in [0.4, 0.5) is 0 Å². The summed E-state index contributed by atoms with van der Waals surface area (Å²) < 4.78 is 15.3. The number of carbonyl (C=O) groups excluding carboxylic acids is 2. The standard InChI is InChI=1S/C17H25NO5/c1-5-6-12(2)18-16(19)11-23-17(20)10-13-7-8-14(21-3)15(9-13)22-4/h7-9,12H,5-6,10-11H2,1-4H3,(H,18,19)/t12-/m0/s1. The van der Waals surface area contributed by atoms with Crippen molar-refractivity contribution in [2.24, 2.45) is 0 Å². The maximum atomic E-state index is 11.8. The fourth-order valence-corrected chi connectivity index (χ4v) is 2.18. The Labute approximate surface area is 137 Å². The molecule has 1 N–H and O–H groups in total. The Morgan fingerprint density at radius 1 is 1.17 bits per heavy atom. The van der Waals surface area contributed by atoms with E-state index in [9.17, 15) is 9.59 Å². The lowest BCUT2D eigenvalue weighted by Crippen LogP contribution is -2.35. The highest BCUT2D eigenvalue weighted by Gasteiger charge is 2.12. The molecule has 1 rings (SSSR count). The number of hydrogen-bond acceptors (Lipinski definition) is 5. The second-order valence-electron chi connectivity index (χ2n) is 5.28. The van der Waals surface area contributed by atoms with Crippen molar-refractivity contribution >= 4 is 11.9 Å². The number of nitrogens with one attached hydrogen (secondary N) is 1. The highest BCUT2D eigenvalue weighted by atomic mass is 16.5. The number of rotatable bonds is 9. The zero-order valence-corrected chi connectivity index (χ0v) is 14.2. The molecule has 0 spiro atoms. The van der Waals surface area contributed by atoms with Crippen molar-refractivity contribution in [3.63, 3.8) is 0 Å². The largest absolute Gasteiger partial charge is 0.493 e. The van der Waals surface area contributed by atoms with E-state index in [1.54, 1.807) is 25.3 Å². The van der Waals surface area contributed by atoms with E-state index in [0.717, 1.165) is 18.4 Å². The van der Waals surface area contributed by atoms with Crippen molar-refractivity contribution in [2.45, 2.75) is 39.2 Å². The molecule has 0 saturated carbocycles. The predicted octanol–water partition coefficient (Wildman–Crippen LogP) is 2.09. The molecule has 1 atom stereocenters. The summed E-state index contributed by atoms with van der Waals surface area (Å²) in [6.45, 7) is 3.71. The Morgan fingerprint density at radius 2 is 1.87 bits per heavy atom. The average molecular weight is 323 g/mol. The number of ether oxygens (including phenoxy) is 3. The molecule has 128 valence electrons. The quantitative estimate of drug-likeness (QED) is 0.705. The molecule has 0 aliphatic heterocycles. The molecule has 1 aromatic carbocycles. The van der Waals surface area contributed by atoms with E-state index >= 15 is 0 Å². The molecule has 1 aromatic rings. The number of methoxy groups -OCH3 is 2. The van der Waals surface area contributed by atoms with Crippen LogP contribution in [0.15, 0.2) is 18.2 Å². The van der Waals surface area contributed by atoms with Crippen LogP contribution in [-0.2, 0) is 20.7 Å². The number of carbonyl (C=O) groups is 2. The number of hydrogen-bond donors (Lipinski definition) is 1. The summed E-state index contributed by atoms with van der Waals surface area (Å²) in [5, 5.41) is 2.78. The lowest BCUT2D eigenvalue weighted by Gasteiger charge is -2.13. The van der Waals surface area contributed by atoms with Crippen LogP contribution in [-0.4, -0.2) is 38.7 Å². The monoisotopic (exact) mass is 323 g/mol. The third-order valence-electron chi connectivity index (χ3n) is 3.29. The molecule has 23 heavy (non-hydrogen) atoms. The van der Waals surface area contributed by atoms with Gasteiger partial charge in [0.2, 0.25) is 0 Å².